The molecule has 0 radical (unpaired) electrons. The second-order valence-corrected chi connectivity index (χ2v) is 3.67. The molecule has 0 fully saturated rings. The Labute approximate surface area is 93.2 Å². The first-order valence-electron chi connectivity index (χ1n) is 4.29. The van der Waals surface area contributed by atoms with Gasteiger partial charge in [0, 0.05) is 4.90 Å². The molecule has 3 nitrogen and oxygen atoms in total. The molecule has 0 saturated heterocycles. The molecular formula is C11H11NO2S. The lowest BCUT2D eigenvalue weighted by Crippen LogP contribution is -2.18. The molecule has 15 heavy (non-hydrogen) atoms. The van der Waals surface area contributed by atoms with E-state index in [4.69, 9.17) is 11.2 Å². The summed E-state index contributed by atoms with van der Waals surface area (Å²) in [7, 11) is 1.59. The first kappa shape index (κ1) is 11.5. The Kier molecular flexibility index (Phi) is 4.58. The predicted octanol–water partition coefficient (Wildman–Crippen LogP) is 2.13. The highest BCUT2D eigenvalue weighted by Gasteiger charge is 2.03. The van der Waals surface area contributed by atoms with Crippen LogP contribution in [0.3, 0.4) is 0 Å². The molecule has 0 unspecified atom stereocenters. The number of rotatable bonds is 3. The first-order chi connectivity index (χ1) is 7.26. The van der Waals surface area contributed by atoms with Crippen molar-refractivity contribution in [2.75, 3.05) is 13.7 Å². The molecule has 0 atom stereocenters. The number of hydrogen-bond acceptors (Lipinski definition) is 3. The molecule has 4 heteroatoms. The van der Waals surface area contributed by atoms with Gasteiger partial charge in [-0.05, 0) is 30.0 Å². The number of nitrogens with one attached hydrogen (secondary N) is 1. The average Bonchev–Trinajstić information content (AvgIpc) is 2.26. The third-order valence-corrected chi connectivity index (χ3v) is 2.41. The summed E-state index contributed by atoms with van der Waals surface area (Å²) >= 11 is 1.09. The number of terminal acetylenes is 1. The fraction of sp³-hybridized carbons (Fsp3) is 0.182. The maximum atomic E-state index is 11.3. The molecule has 78 valence electrons. The lowest BCUT2D eigenvalue weighted by Gasteiger charge is -2.03. The molecule has 1 aromatic carbocycles. The van der Waals surface area contributed by atoms with Crippen molar-refractivity contribution in [3.63, 3.8) is 0 Å². The van der Waals surface area contributed by atoms with Crippen LogP contribution in [0.5, 0.6) is 5.75 Å². The minimum atomic E-state index is -0.166. The number of ether oxygens (including phenoxy) is 1. The van der Waals surface area contributed by atoms with E-state index in [-0.39, 0.29) is 11.8 Å². The van der Waals surface area contributed by atoms with Crippen LogP contribution in [-0.4, -0.2) is 18.9 Å². The molecule has 0 aliphatic carbocycles. The molecular weight excluding hydrogens is 210 g/mol. The van der Waals surface area contributed by atoms with Crippen molar-refractivity contribution < 1.29 is 9.53 Å². The summed E-state index contributed by atoms with van der Waals surface area (Å²) in [6.45, 7) is 0.246. The van der Waals surface area contributed by atoms with Crippen LogP contribution in [0.4, 0.5) is 4.79 Å². The minimum Gasteiger partial charge on any atom is -0.497 e. The van der Waals surface area contributed by atoms with Crippen molar-refractivity contribution in [1.82, 2.24) is 5.32 Å². The van der Waals surface area contributed by atoms with Crippen molar-refractivity contribution in [2.45, 2.75) is 4.90 Å². The van der Waals surface area contributed by atoms with Crippen LogP contribution in [0.25, 0.3) is 0 Å². The van der Waals surface area contributed by atoms with Gasteiger partial charge in [-0.3, -0.25) is 4.79 Å². The number of benzene rings is 1. The number of hydrogen-bond donors (Lipinski definition) is 1. The van der Waals surface area contributed by atoms with Gasteiger partial charge in [0.2, 0.25) is 0 Å². The van der Waals surface area contributed by atoms with Crippen molar-refractivity contribution in [3.8, 4) is 18.1 Å². The van der Waals surface area contributed by atoms with E-state index >= 15 is 0 Å². The fourth-order valence-corrected chi connectivity index (χ4v) is 1.61. The van der Waals surface area contributed by atoms with Crippen molar-refractivity contribution in [2.24, 2.45) is 0 Å². The van der Waals surface area contributed by atoms with Crippen LogP contribution >= 0.6 is 11.8 Å². The normalized spacial score (nSPS) is 9.07. The number of carbonyl (C=O) groups is 1. The lowest BCUT2D eigenvalue weighted by atomic mass is 10.3. The molecule has 1 amide bonds. The summed E-state index contributed by atoms with van der Waals surface area (Å²) in [5, 5.41) is 2.40. The van der Waals surface area contributed by atoms with Crippen LogP contribution in [0.2, 0.25) is 0 Å². The molecule has 0 aliphatic heterocycles. The second kappa shape index (κ2) is 5.99. The molecule has 0 aromatic heterocycles. The molecule has 0 aliphatic rings. The Morgan fingerprint density at radius 3 is 3.13 bits per heavy atom. The molecule has 1 aromatic rings. The van der Waals surface area contributed by atoms with Crippen molar-refractivity contribution in [1.29, 1.82) is 0 Å². The molecule has 0 saturated carbocycles. The van der Waals surface area contributed by atoms with E-state index in [0.717, 1.165) is 22.4 Å². The summed E-state index contributed by atoms with van der Waals surface area (Å²) in [5.74, 6) is 3.06. The van der Waals surface area contributed by atoms with Crippen LogP contribution in [0.15, 0.2) is 29.2 Å². The highest BCUT2D eigenvalue weighted by molar-refractivity contribution is 8.13. The Balaban J connectivity index is 2.57. The SMILES string of the molecule is C#CCNC(=O)Sc1cccc(OC)c1. The Morgan fingerprint density at radius 2 is 2.47 bits per heavy atom. The minimum absolute atomic E-state index is 0.166. The van der Waals surface area contributed by atoms with Gasteiger partial charge in [0.05, 0.1) is 13.7 Å². The van der Waals surface area contributed by atoms with Gasteiger partial charge in [0.15, 0.2) is 0 Å². The smallest absolute Gasteiger partial charge is 0.284 e. The Hall–Kier alpha value is -1.60. The van der Waals surface area contributed by atoms with E-state index < -0.39 is 0 Å². The third-order valence-electron chi connectivity index (χ3n) is 1.59. The molecule has 0 bridgehead atoms. The quantitative estimate of drug-likeness (QED) is 0.627. The maximum Gasteiger partial charge on any atom is 0.284 e. The average molecular weight is 221 g/mol. The molecule has 1 N–H and O–H groups in total. The van der Waals surface area contributed by atoms with Crippen LogP contribution < -0.4 is 10.1 Å². The maximum absolute atomic E-state index is 11.3. The molecule has 1 rings (SSSR count). The van der Waals surface area contributed by atoms with E-state index in [1.54, 1.807) is 13.2 Å². The third kappa shape index (κ3) is 3.96. The Bertz CT molecular complexity index is 384. The topological polar surface area (TPSA) is 38.3 Å². The van der Waals surface area contributed by atoms with Gasteiger partial charge < -0.3 is 10.1 Å². The molecule has 0 heterocycles. The van der Waals surface area contributed by atoms with E-state index in [1.807, 2.05) is 18.2 Å². The van der Waals surface area contributed by atoms with E-state index in [2.05, 4.69) is 11.2 Å². The standard InChI is InChI=1S/C11H11NO2S/c1-3-7-12-11(13)15-10-6-4-5-9(8-10)14-2/h1,4-6,8H,7H2,2H3,(H,12,13). The number of thioether (sulfide) groups is 1. The van der Waals surface area contributed by atoms with Crippen LogP contribution in [0, 0.1) is 12.3 Å². The lowest BCUT2D eigenvalue weighted by molar-refractivity contribution is 0.261. The van der Waals surface area contributed by atoms with Gasteiger partial charge in [0.25, 0.3) is 5.24 Å². The van der Waals surface area contributed by atoms with E-state index in [1.165, 1.54) is 0 Å². The highest BCUT2D eigenvalue weighted by atomic mass is 32.2. The van der Waals surface area contributed by atoms with Gasteiger partial charge in [-0.1, -0.05) is 12.0 Å². The van der Waals surface area contributed by atoms with Crippen molar-refractivity contribution in [3.05, 3.63) is 24.3 Å². The largest absolute Gasteiger partial charge is 0.497 e. The number of methoxy groups -OCH3 is 1. The first-order valence-corrected chi connectivity index (χ1v) is 5.11. The second-order valence-electron chi connectivity index (χ2n) is 2.63. The zero-order valence-electron chi connectivity index (χ0n) is 8.32. The van der Waals surface area contributed by atoms with E-state index in [0.29, 0.717) is 0 Å². The van der Waals surface area contributed by atoms with Gasteiger partial charge >= 0.3 is 0 Å². The highest BCUT2D eigenvalue weighted by Crippen LogP contribution is 2.22. The summed E-state index contributed by atoms with van der Waals surface area (Å²) in [6, 6.07) is 7.28. The fourth-order valence-electron chi connectivity index (χ4n) is 0.931. The Morgan fingerprint density at radius 1 is 1.67 bits per heavy atom. The van der Waals surface area contributed by atoms with E-state index in [9.17, 15) is 4.79 Å². The zero-order valence-corrected chi connectivity index (χ0v) is 9.14. The van der Waals surface area contributed by atoms with Gasteiger partial charge in [-0.25, -0.2) is 0 Å². The summed E-state index contributed by atoms with van der Waals surface area (Å²) < 4.78 is 5.04. The summed E-state index contributed by atoms with van der Waals surface area (Å²) in [6.07, 6.45) is 5.02. The van der Waals surface area contributed by atoms with Crippen LogP contribution in [0.1, 0.15) is 0 Å². The summed E-state index contributed by atoms with van der Waals surface area (Å²) in [5.41, 5.74) is 0. The predicted molar refractivity (Wildman–Crippen MR) is 61.1 cm³/mol. The van der Waals surface area contributed by atoms with Gasteiger partial charge in [-0.2, -0.15) is 0 Å². The molecule has 0 spiro atoms. The zero-order chi connectivity index (χ0) is 11.1. The van der Waals surface area contributed by atoms with Gasteiger partial charge in [-0.15, -0.1) is 6.42 Å². The number of amides is 1. The van der Waals surface area contributed by atoms with Crippen molar-refractivity contribution >= 4 is 17.0 Å². The summed E-state index contributed by atoms with van der Waals surface area (Å²) in [4.78, 5) is 12.1. The van der Waals surface area contributed by atoms with Crippen LogP contribution in [-0.2, 0) is 0 Å². The number of carbonyl (C=O) groups excluding carboxylic acids is 1. The monoisotopic (exact) mass is 221 g/mol. The van der Waals surface area contributed by atoms with Gasteiger partial charge in [0.1, 0.15) is 5.75 Å².